The number of carbonyl (C=O) groups is 2. The predicted octanol–water partition coefficient (Wildman–Crippen LogP) is 1.65. The zero-order valence-electron chi connectivity index (χ0n) is 10.4. The van der Waals surface area contributed by atoms with Crippen molar-refractivity contribution in [3.63, 3.8) is 0 Å². The molecule has 0 radical (unpaired) electrons. The third-order valence-electron chi connectivity index (χ3n) is 2.20. The molecule has 0 aliphatic heterocycles. The molecule has 2 N–H and O–H groups in total. The quantitative estimate of drug-likeness (QED) is 0.852. The molecular weight excluding hydrogens is 238 g/mol. The zero-order valence-corrected chi connectivity index (χ0v) is 10.4. The van der Waals surface area contributed by atoms with Crippen LogP contribution >= 0.6 is 0 Å². The number of carboxylic acid groups (broad SMARTS) is 1. The molecule has 0 aliphatic rings. The molecule has 98 valence electrons. The van der Waals surface area contributed by atoms with Crippen molar-refractivity contribution in [1.29, 1.82) is 0 Å². The van der Waals surface area contributed by atoms with Crippen LogP contribution in [0.25, 0.3) is 0 Å². The number of benzene rings is 1. The van der Waals surface area contributed by atoms with Crippen LogP contribution in [0.3, 0.4) is 0 Å². The molecular formula is C12H15NO5. The van der Waals surface area contributed by atoms with Gasteiger partial charge in [-0.2, -0.15) is 0 Å². The first-order valence-electron chi connectivity index (χ1n) is 5.22. The van der Waals surface area contributed by atoms with Crippen LogP contribution in [0.15, 0.2) is 24.3 Å². The Labute approximate surface area is 105 Å². The van der Waals surface area contributed by atoms with Gasteiger partial charge < -0.3 is 19.9 Å². The van der Waals surface area contributed by atoms with E-state index in [9.17, 15) is 9.59 Å². The summed E-state index contributed by atoms with van der Waals surface area (Å²) >= 11 is 0. The van der Waals surface area contributed by atoms with Crippen molar-refractivity contribution in [2.75, 3.05) is 7.11 Å². The lowest BCUT2D eigenvalue weighted by Gasteiger charge is -2.20. The van der Waals surface area contributed by atoms with E-state index >= 15 is 0 Å². The fourth-order valence-corrected chi connectivity index (χ4v) is 1.11. The van der Waals surface area contributed by atoms with Crippen molar-refractivity contribution in [2.24, 2.45) is 0 Å². The van der Waals surface area contributed by atoms with Crippen molar-refractivity contribution < 1.29 is 24.2 Å². The van der Waals surface area contributed by atoms with E-state index in [0.29, 0.717) is 5.75 Å². The van der Waals surface area contributed by atoms with Crippen molar-refractivity contribution in [2.45, 2.75) is 19.4 Å². The van der Waals surface area contributed by atoms with E-state index in [4.69, 9.17) is 14.6 Å². The average Bonchev–Trinajstić information content (AvgIpc) is 2.28. The molecule has 0 aliphatic carbocycles. The summed E-state index contributed by atoms with van der Waals surface area (Å²) in [5.41, 5.74) is -1.39. The molecule has 0 atom stereocenters. The van der Waals surface area contributed by atoms with Crippen LogP contribution in [-0.2, 0) is 4.79 Å². The fraction of sp³-hybridized carbons (Fsp3) is 0.333. The normalized spacial score (nSPS) is 10.6. The second-order valence-corrected chi connectivity index (χ2v) is 4.12. The van der Waals surface area contributed by atoms with Crippen LogP contribution in [0.4, 0.5) is 4.79 Å². The highest BCUT2D eigenvalue weighted by Crippen LogP contribution is 2.19. The summed E-state index contributed by atoms with van der Waals surface area (Å²) in [4.78, 5) is 22.3. The lowest BCUT2D eigenvalue weighted by atomic mass is 10.1. The summed E-state index contributed by atoms with van der Waals surface area (Å²) in [6.07, 6.45) is -0.837. The molecule has 6 nitrogen and oxygen atoms in total. The van der Waals surface area contributed by atoms with Gasteiger partial charge in [-0.25, -0.2) is 9.59 Å². The number of hydrogen-bond acceptors (Lipinski definition) is 4. The maximum absolute atomic E-state index is 11.5. The lowest BCUT2D eigenvalue weighted by Crippen LogP contribution is -2.50. The van der Waals surface area contributed by atoms with Crippen molar-refractivity contribution in [3.8, 4) is 11.5 Å². The Morgan fingerprint density at radius 1 is 1.28 bits per heavy atom. The van der Waals surface area contributed by atoms with Crippen LogP contribution < -0.4 is 14.8 Å². The van der Waals surface area contributed by atoms with E-state index < -0.39 is 17.6 Å². The van der Waals surface area contributed by atoms with Crippen LogP contribution in [0.1, 0.15) is 13.8 Å². The minimum absolute atomic E-state index is 0.271. The van der Waals surface area contributed by atoms with Gasteiger partial charge in [0.2, 0.25) is 0 Å². The SMILES string of the molecule is COc1cccc(OC(=O)NC(C)(C)C(=O)O)c1. The van der Waals surface area contributed by atoms with E-state index in [-0.39, 0.29) is 5.75 Å². The van der Waals surface area contributed by atoms with Crippen LogP contribution in [0.5, 0.6) is 11.5 Å². The molecule has 6 heteroatoms. The summed E-state index contributed by atoms with van der Waals surface area (Å²) in [6.45, 7) is 2.73. The standard InChI is InChI=1S/C12H15NO5/c1-12(2,10(14)15)13-11(16)18-9-6-4-5-8(7-9)17-3/h4-7H,1-3H3,(H,13,16)(H,14,15). The van der Waals surface area contributed by atoms with Crippen molar-refractivity contribution in [3.05, 3.63) is 24.3 Å². The molecule has 0 aromatic heterocycles. The molecule has 18 heavy (non-hydrogen) atoms. The van der Waals surface area contributed by atoms with E-state index in [1.54, 1.807) is 18.2 Å². The molecule has 0 unspecified atom stereocenters. The number of carboxylic acids is 1. The largest absolute Gasteiger partial charge is 0.497 e. The van der Waals surface area contributed by atoms with Crippen LogP contribution in [0.2, 0.25) is 0 Å². The number of nitrogens with one attached hydrogen (secondary N) is 1. The Morgan fingerprint density at radius 3 is 2.44 bits per heavy atom. The molecule has 1 aromatic carbocycles. The zero-order chi connectivity index (χ0) is 13.8. The average molecular weight is 253 g/mol. The van der Waals surface area contributed by atoms with E-state index in [1.165, 1.54) is 27.0 Å². The molecule has 0 spiro atoms. The van der Waals surface area contributed by atoms with Gasteiger partial charge in [0.1, 0.15) is 17.0 Å². The first kappa shape index (κ1) is 13.8. The van der Waals surface area contributed by atoms with Crippen LogP contribution in [-0.4, -0.2) is 29.8 Å². The van der Waals surface area contributed by atoms with Crippen molar-refractivity contribution >= 4 is 12.1 Å². The minimum atomic E-state index is -1.39. The molecule has 0 bridgehead atoms. The van der Waals surface area contributed by atoms with E-state index in [2.05, 4.69) is 5.32 Å². The summed E-state index contributed by atoms with van der Waals surface area (Å²) < 4.78 is 9.92. The molecule has 1 aromatic rings. The predicted molar refractivity (Wildman–Crippen MR) is 63.9 cm³/mol. The number of amides is 1. The van der Waals surface area contributed by atoms with E-state index in [0.717, 1.165) is 0 Å². The van der Waals surface area contributed by atoms with Gasteiger partial charge in [0.25, 0.3) is 0 Å². The highest BCUT2D eigenvalue weighted by Gasteiger charge is 2.29. The van der Waals surface area contributed by atoms with Gasteiger partial charge in [0, 0.05) is 6.07 Å². The van der Waals surface area contributed by atoms with Gasteiger partial charge in [0.15, 0.2) is 0 Å². The Hall–Kier alpha value is -2.24. The summed E-state index contributed by atoms with van der Waals surface area (Å²) in [5.74, 6) is -0.337. The van der Waals surface area contributed by atoms with Crippen molar-refractivity contribution in [1.82, 2.24) is 5.32 Å². The smallest absolute Gasteiger partial charge is 0.413 e. The molecule has 1 rings (SSSR count). The number of methoxy groups -OCH3 is 1. The Bertz CT molecular complexity index is 456. The Balaban J connectivity index is 2.67. The number of ether oxygens (including phenoxy) is 2. The third kappa shape index (κ3) is 3.65. The molecule has 0 fully saturated rings. The number of hydrogen-bond donors (Lipinski definition) is 2. The third-order valence-corrected chi connectivity index (χ3v) is 2.20. The van der Waals surface area contributed by atoms with Crippen LogP contribution in [0, 0.1) is 0 Å². The first-order valence-corrected chi connectivity index (χ1v) is 5.22. The second kappa shape index (κ2) is 5.39. The van der Waals surface area contributed by atoms with Gasteiger partial charge in [-0.05, 0) is 26.0 Å². The number of aliphatic carboxylic acids is 1. The van der Waals surface area contributed by atoms with Gasteiger partial charge in [-0.15, -0.1) is 0 Å². The molecule has 0 heterocycles. The van der Waals surface area contributed by atoms with Gasteiger partial charge >= 0.3 is 12.1 Å². The monoisotopic (exact) mass is 253 g/mol. The summed E-state index contributed by atoms with van der Waals surface area (Å²) in [7, 11) is 1.49. The maximum Gasteiger partial charge on any atom is 0.413 e. The Kier molecular flexibility index (Phi) is 4.14. The molecule has 0 saturated carbocycles. The number of carbonyl (C=O) groups excluding carboxylic acids is 1. The first-order chi connectivity index (χ1) is 8.35. The minimum Gasteiger partial charge on any atom is -0.497 e. The van der Waals surface area contributed by atoms with Gasteiger partial charge in [-0.1, -0.05) is 6.07 Å². The maximum atomic E-state index is 11.5. The number of rotatable bonds is 4. The lowest BCUT2D eigenvalue weighted by molar-refractivity contribution is -0.143. The van der Waals surface area contributed by atoms with Gasteiger partial charge in [0.05, 0.1) is 7.11 Å². The van der Waals surface area contributed by atoms with Gasteiger partial charge in [-0.3, -0.25) is 0 Å². The topological polar surface area (TPSA) is 84.9 Å². The molecule has 0 saturated heterocycles. The molecule has 1 amide bonds. The Morgan fingerprint density at radius 2 is 1.89 bits per heavy atom. The fourth-order valence-electron chi connectivity index (χ4n) is 1.11. The highest BCUT2D eigenvalue weighted by molar-refractivity contribution is 5.84. The summed E-state index contributed by atoms with van der Waals surface area (Å²) in [5, 5.41) is 11.1. The second-order valence-electron chi connectivity index (χ2n) is 4.12. The highest BCUT2D eigenvalue weighted by atomic mass is 16.6. The van der Waals surface area contributed by atoms with E-state index in [1.807, 2.05) is 0 Å². The summed E-state index contributed by atoms with van der Waals surface area (Å²) in [6, 6.07) is 6.44.